The summed E-state index contributed by atoms with van der Waals surface area (Å²) in [6, 6.07) is 26.1. The fourth-order valence-corrected chi connectivity index (χ4v) is 3.88. The number of nitrogens with one attached hydrogen (secondary N) is 2. The van der Waals surface area contributed by atoms with Crippen molar-refractivity contribution in [2.24, 2.45) is 5.92 Å². The summed E-state index contributed by atoms with van der Waals surface area (Å²) < 4.78 is 5.57. The second-order valence-corrected chi connectivity index (χ2v) is 7.07. The highest BCUT2D eigenvalue weighted by Gasteiger charge is 2.41. The molecule has 3 heterocycles. The Labute approximate surface area is 173 Å². The summed E-state index contributed by atoms with van der Waals surface area (Å²) in [4.78, 5) is 4.46. The van der Waals surface area contributed by atoms with Crippen molar-refractivity contribution in [3.63, 3.8) is 0 Å². The average Bonchev–Trinajstić information content (AvgIpc) is 3.22. The first-order chi connectivity index (χ1) is 14.8. The van der Waals surface area contributed by atoms with Crippen LogP contribution in [0.25, 0.3) is 22.4 Å². The number of aromatic amines is 1. The lowest BCUT2D eigenvalue weighted by Crippen LogP contribution is -2.31. The van der Waals surface area contributed by atoms with Crippen LogP contribution in [0, 0.1) is 22.7 Å². The van der Waals surface area contributed by atoms with E-state index in [9.17, 15) is 5.26 Å². The predicted octanol–water partition coefficient (Wildman–Crippen LogP) is 4.78. The molecule has 0 bridgehead atoms. The third-order valence-corrected chi connectivity index (χ3v) is 5.33. The SMILES string of the molecule is N#CC1C(=N)Oc2n[nH]c(-c3ccc(-c4ccccc4)cc3)c2C1c1ccccn1. The van der Waals surface area contributed by atoms with Crippen molar-refractivity contribution in [3.05, 3.63) is 90.3 Å². The van der Waals surface area contributed by atoms with Crippen LogP contribution >= 0.6 is 0 Å². The smallest absolute Gasteiger partial charge is 0.244 e. The molecular weight excluding hydrogens is 374 g/mol. The van der Waals surface area contributed by atoms with Crippen molar-refractivity contribution >= 4 is 5.90 Å². The van der Waals surface area contributed by atoms with Gasteiger partial charge in [-0.1, -0.05) is 60.7 Å². The zero-order valence-electron chi connectivity index (χ0n) is 15.9. The van der Waals surface area contributed by atoms with E-state index in [-0.39, 0.29) is 5.90 Å². The van der Waals surface area contributed by atoms with E-state index in [4.69, 9.17) is 10.1 Å². The second kappa shape index (κ2) is 7.30. The first-order valence-electron chi connectivity index (χ1n) is 9.57. The quantitative estimate of drug-likeness (QED) is 0.525. The lowest BCUT2D eigenvalue weighted by atomic mass is 9.81. The van der Waals surface area contributed by atoms with Crippen LogP contribution in [0.5, 0.6) is 5.88 Å². The Hall–Kier alpha value is -4.24. The molecule has 5 rings (SSSR count). The first kappa shape index (κ1) is 17.8. The van der Waals surface area contributed by atoms with Crippen LogP contribution in [0.1, 0.15) is 17.2 Å². The molecule has 6 nitrogen and oxygen atoms in total. The molecule has 0 amide bonds. The molecule has 0 saturated carbocycles. The number of benzene rings is 2. The van der Waals surface area contributed by atoms with Crippen molar-refractivity contribution < 1.29 is 4.74 Å². The van der Waals surface area contributed by atoms with Gasteiger partial charge in [0.2, 0.25) is 11.8 Å². The summed E-state index contributed by atoms with van der Waals surface area (Å²) in [5.74, 6) is -0.996. The number of hydrogen-bond acceptors (Lipinski definition) is 5. The van der Waals surface area contributed by atoms with Crippen LogP contribution in [0.4, 0.5) is 0 Å². The predicted molar refractivity (Wildman–Crippen MR) is 113 cm³/mol. The Kier molecular flexibility index (Phi) is 4.34. The van der Waals surface area contributed by atoms with Gasteiger partial charge in [0, 0.05) is 17.5 Å². The van der Waals surface area contributed by atoms with E-state index in [1.807, 2.05) is 48.5 Å². The van der Waals surface area contributed by atoms with Gasteiger partial charge in [0.05, 0.1) is 23.2 Å². The molecule has 0 fully saturated rings. The van der Waals surface area contributed by atoms with Crippen molar-refractivity contribution in [1.29, 1.82) is 10.7 Å². The number of fused-ring (bicyclic) bond motifs is 1. The largest absolute Gasteiger partial charge is 0.422 e. The zero-order chi connectivity index (χ0) is 20.5. The molecule has 2 aromatic carbocycles. The maximum absolute atomic E-state index is 9.75. The van der Waals surface area contributed by atoms with Crippen LogP contribution in [-0.4, -0.2) is 21.1 Å². The maximum Gasteiger partial charge on any atom is 0.244 e. The van der Waals surface area contributed by atoms with Crippen molar-refractivity contribution in [2.75, 3.05) is 0 Å². The van der Waals surface area contributed by atoms with Gasteiger partial charge < -0.3 is 4.74 Å². The van der Waals surface area contributed by atoms with Crippen molar-refractivity contribution in [1.82, 2.24) is 15.2 Å². The minimum Gasteiger partial charge on any atom is -0.422 e. The number of ether oxygens (including phenoxy) is 1. The Morgan fingerprint density at radius 3 is 2.30 bits per heavy atom. The number of pyridine rings is 1. The molecule has 2 N–H and O–H groups in total. The van der Waals surface area contributed by atoms with Gasteiger partial charge in [-0.25, -0.2) is 0 Å². The summed E-state index contributed by atoms with van der Waals surface area (Å²) in [5, 5.41) is 25.2. The third-order valence-electron chi connectivity index (χ3n) is 5.33. The van der Waals surface area contributed by atoms with E-state index in [1.165, 1.54) is 0 Å². The minimum absolute atomic E-state index is 0.113. The second-order valence-electron chi connectivity index (χ2n) is 7.07. The first-order valence-corrected chi connectivity index (χ1v) is 9.57. The van der Waals surface area contributed by atoms with E-state index >= 15 is 0 Å². The van der Waals surface area contributed by atoms with Gasteiger partial charge in [-0.3, -0.25) is 15.5 Å². The summed E-state index contributed by atoms with van der Waals surface area (Å²) >= 11 is 0. The molecule has 2 atom stereocenters. The molecule has 6 heteroatoms. The van der Waals surface area contributed by atoms with Crippen LogP contribution in [0.15, 0.2) is 79.0 Å². The highest BCUT2D eigenvalue weighted by Crippen LogP contribution is 2.45. The molecule has 2 unspecified atom stereocenters. The van der Waals surface area contributed by atoms with E-state index in [0.29, 0.717) is 11.6 Å². The summed E-state index contributed by atoms with van der Waals surface area (Å²) in [7, 11) is 0. The summed E-state index contributed by atoms with van der Waals surface area (Å²) in [6.07, 6.45) is 1.69. The summed E-state index contributed by atoms with van der Waals surface area (Å²) in [6.45, 7) is 0. The Morgan fingerprint density at radius 2 is 1.60 bits per heavy atom. The average molecular weight is 391 g/mol. The van der Waals surface area contributed by atoms with Crippen LogP contribution in [0.3, 0.4) is 0 Å². The topological polar surface area (TPSA) is 98.4 Å². The zero-order valence-corrected chi connectivity index (χ0v) is 15.9. The lowest BCUT2D eigenvalue weighted by molar-refractivity contribution is 0.434. The van der Waals surface area contributed by atoms with Gasteiger partial charge >= 0.3 is 0 Å². The lowest BCUT2D eigenvalue weighted by Gasteiger charge is -2.27. The molecule has 4 aromatic rings. The summed E-state index contributed by atoms with van der Waals surface area (Å²) in [5.41, 5.74) is 5.42. The monoisotopic (exact) mass is 391 g/mol. The van der Waals surface area contributed by atoms with Gasteiger partial charge in [-0.05, 0) is 23.3 Å². The van der Waals surface area contributed by atoms with Gasteiger partial charge in [0.25, 0.3) is 0 Å². The molecule has 1 aliphatic heterocycles. The molecule has 30 heavy (non-hydrogen) atoms. The van der Waals surface area contributed by atoms with Gasteiger partial charge in [-0.15, -0.1) is 5.10 Å². The van der Waals surface area contributed by atoms with Crippen LogP contribution in [-0.2, 0) is 0 Å². The van der Waals surface area contributed by atoms with E-state index < -0.39 is 11.8 Å². The van der Waals surface area contributed by atoms with Gasteiger partial charge in [-0.2, -0.15) is 5.26 Å². The standard InChI is InChI=1S/C24H17N5O/c25-14-18-20(19-8-4-5-13-27-19)21-22(28-29-24(21)30-23(18)26)17-11-9-16(10-12-17)15-6-2-1-3-7-15/h1-13,18,20,26H,(H,28,29). The molecule has 0 radical (unpaired) electrons. The van der Waals surface area contributed by atoms with Gasteiger partial charge in [0.1, 0.15) is 5.92 Å². The molecule has 144 valence electrons. The fraction of sp³-hybridized carbons (Fsp3) is 0.0833. The van der Waals surface area contributed by atoms with Crippen LogP contribution < -0.4 is 4.74 Å². The Bertz CT molecular complexity index is 1240. The molecule has 0 saturated heterocycles. The van der Waals surface area contributed by atoms with Crippen molar-refractivity contribution in [3.8, 4) is 34.3 Å². The van der Waals surface area contributed by atoms with E-state index in [1.54, 1.807) is 6.20 Å². The van der Waals surface area contributed by atoms with Gasteiger partial charge in [0.15, 0.2) is 0 Å². The molecular formula is C24H17N5O. The minimum atomic E-state index is -0.771. The highest BCUT2D eigenvalue weighted by molar-refractivity contribution is 5.86. The van der Waals surface area contributed by atoms with Crippen molar-refractivity contribution in [2.45, 2.75) is 5.92 Å². The number of H-pyrrole nitrogens is 1. The molecule has 0 spiro atoms. The molecule has 2 aromatic heterocycles. The Balaban J connectivity index is 1.61. The van der Waals surface area contributed by atoms with Crippen LogP contribution in [0.2, 0.25) is 0 Å². The maximum atomic E-state index is 9.75. The normalized spacial score (nSPS) is 17.6. The number of hydrogen-bond donors (Lipinski definition) is 2. The highest BCUT2D eigenvalue weighted by atomic mass is 16.5. The number of nitriles is 1. The van der Waals surface area contributed by atoms with E-state index in [0.717, 1.165) is 27.9 Å². The Morgan fingerprint density at radius 1 is 0.900 bits per heavy atom. The molecule has 1 aliphatic rings. The number of rotatable bonds is 3. The fourth-order valence-electron chi connectivity index (χ4n) is 3.88. The molecule has 0 aliphatic carbocycles. The van der Waals surface area contributed by atoms with E-state index in [2.05, 4.69) is 45.5 Å². The number of nitrogens with zero attached hydrogens (tertiary/aromatic N) is 3. The third kappa shape index (κ3) is 2.93. The number of aromatic nitrogens is 3.